The summed E-state index contributed by atoms with van der Waals surface area (Å²) < 4.78 is 38.9. The molecule has 1 N–H and O–H groups in total. The van der Waals surface area contributed by atoms with Gasteiger partial charge in [0.2, 0.25) is 0 Å². The van der Waals surface area contributed by atoms with Gasteiger partial charge >= 0.3 is 6.18 Å². The van der Waals surface area contributed by atoms with Crippen LogP contribution in [0, 0.1) is 0 Å². The molecule has 0 bridgehead atoms. The summed E-state index contributed by atoms with van der Waals surface area (Å²) in [6.45, 7) is 3.20. The van der Waals surface area contributed by atoms with Gasteiger partial charge in [0, 0.05) is 0 Å². The van der Waals surface area contributed by atoms with E-state index in [-0.39, 0.29) is 5.56 Å². The van der Waals surface area contributed by atoms with Crippen LogP contribution in [0.3, 0.4) is 0 Å². The topological polar surface area (TPSA) is 12.0 Å². The Balaban J connectivity index is 3.05. The van der Waals surface area contributed by atoms with Crippen LogP contribution in [-0.4, -0.2) is 13.2 Å². The van der Waals surface area contributed by atoms with Crippen LogP contribution in [0.25, 0.3) is 0 Å². The summed E-state index contributed by atoms with van der Waals surface area (Å²) in [4.78, 5) is 0. The third-order valence-electron chi connectivity index (χ3n) is 3.14. The first kappa shape index (κ1) is 14.0. The molecule has 1 aromatic rings. The highest BCUT2D eigenvalue weighted by molar-refractivity contribution is 5.29. The molecule has 1 unspecified atom stereocenters. The molecule has 0 saturated heterocycles. The second kappa shape index (κ2) is 5.08. The van der Waals surface area contributed by atoms with Crippen LogP contribution < -0.4 is 5.32 Å². The molecule has 0 aliphatic heterocycles. The van der Waals surface area contributed by atoms with Crippen molar-refractivity contribution in [3.8, 4) is 0 Å². The Morgan fingerprint density at radius 2 is 1.65 bits per heavy atom. The highest BCUT2D eigenvalue weighted by Crippen LogP contribution is 2.38. The van der Waals surface area contributed by atoms with E-state index in [0.717, 1.165) is 25.3 Å². The van der Waals surface area contributed by atoms with Gasteiger partial charge in [0.1, 0.15) is 5.54 Å². The lowest BCUT2D eigenvalue weighted by molar-refractivity contribution is -0.193. The summed E-state index contributed by atoms with van der Waals surface area (Å²) in [5.41, 5.74) is -0.679. The summed E-state index contributed by atoms with van der Waals surface area (Å²) in [5, 5.41) is 2.36. The standard InChI is InChI=1S/C13H18F3N/c1-4-5-10-6-8-11(9-7-10)12(2,17-3)13(14,15)16/h6-9,17H,4-5H2,1-3H3. The maximum absolute atomic E-state index is 13.0. The van der Waals surface area contributed by atoms with Crippen molar-refractivity contribution in [2.24, 2.45) is 0 Å². The number of benzene rings is 1. The Hall–Kier alpha value is -1.03. The minimum Gasteiger partial charge on any atom is -0.303 e. The van der Waals surface area contributed by atoms with E-state index in [1.807, 2.05) is 6.92 Å². The van der Waals surface area contributed by atoms with Crippen molar-refractivity contribution in [2.45, 2.75) is 38.4 Å². The van der Waals surface area contributed by atoms with Gasteiger partial charge in [-0.3, -0.25) is 0 Å². The maximum Gasteiger partial charge on any atom is 0.410 e. The lowest BCUT2D eigenvalue weighted by Gasteiger charge is -2.32. The van der Waals surface area contributed by atoms with Crippen molar-refractivity contribution in [3.05, 3.63) is 35.4 Å². The molecule has 0 aliphatic carbocycles. The average molecular weight is 245 g/mol. The van der Waals surface area contributed by atoms with E-state index >= 15 is 0 Å². The SMILES string of the molecule is CCCc1ccc(C(C)(NC)C(F)(F)F)cc1. The number of halogens is 3. The molecular formula is C13H18F3N. The van der Waals surface area contributed by atoms with Gasteiger partial charge in [-0.2, -0.15) is 13.2 Å². The second-order valence-corrected chi connectivity index (χ2v) is 4.32. The average Bonchev–Trinajstić information content (AvgIpc) is 2.28. The number of alkyl halides is 3. The van der Waals surface area contributed by atoms with Crippen molar-refractivity contribution < 1.29 is 13.2 Å². The second-order valence-electron chi connectivity index (χ2n) is 4.32. The molecule has 1 atom stereocenters. The maximum atomic E-state index is 13.0. The third kappa shape index (κ3) is 2.80. The highest BCUT2D eigenvalue weighted by atomic mass is 19.4. The number of rotatable bonds is 4. The highest BCUT2D eigenvalue weighted by Gasteiger charge is 2.51. The summed E-state index contributed by atoms with van der Waals surface area (Å²) in [7, 11) is 1.33. The largest absolute Gasteiger partial charge is 0.410 e. The molecule has 1 aromatic carbocycles. The molecular weight excluding hydrogens is 227 g/mol. The number of hydrogen-bond donors (Lipinski definition) is 1. The summed E-state index contributed by atoms with van der Waals surface area (Å²) in [6, 6.07) is 6.63. The zero-order valence-electron chi connectivity index (χ0n) is 10.4. The van der Waals surface area contributed by atoms with Crippen LogP contribution in [0.4, 0.5) is 13.2 Å². The Morgan fingerprint density at radius 3 is 2.00 bits per heavy atom. The lowest BCUT2D eigenvalue weighted by atomic mass is 9.90. The van der Waals surface area contributed by atoms with Crippen LogP contribution in [0.2, 0.25) is 0 Å². The predicted molar refractivity (Wildman–Crippen MR) is 62.9 cm³/mol. The van der Waals surface area contributed by atoms with E-state index in [4.69, 9.17) is 0 Å². The first-order valence-electron chi connectivity index (χ1n) is 5.70. The minimum atomic E-state index is -4.31. The molecule has 17 heavy (non-hydrogen) atoms. The summed E-state index contributed by atoms with van der Waals surface area (Å²) >= 11 is 0. The van der Waals surface area contributed by atoms with Gasteiger partial charge in [-0.1, -0.05) is 37.6 Å². The zero-order chi connectivity index (χ0) is 13.1. The van der Waals surface area contributed by atoms with Gasteiger partial charge in [0.15, 0.2) is 0 Å². The van der Waals surface area contributed by atoms with E-state index < -0.39 is 11.7 Å². The molecule has 0 radical (unpaired) electrons. The Kier molecular flexibility index (Phi) is 4.20. The molecule has 0 spiro atoms. The van der Waals surface area contributed by atoms with Crippen LogP contribution in [0.1, 0.15) is 31.4 Å². The molecule has 96 valence electrons. The smallest absolute Gasteiger partial charge is 0.303 e. The van der Waals surface area contributed by atoms with Gasteiger partial charge in [0.05, 0.1) is 0 Å². The van der Waals surface area contributed by atoms with Crippen LogP contribution in [0.15, 0.2) is 24.3 Å². The normalized spacial score (nSPS) is 15.6. The van der Waals surface area contributed by atoms with Gasteiger partial charge in [0.25, 0.3) is 0 Å². The number of hydrogen-bond acceptors (Lipinski definition) is 1. The van der Waals surface area contributed by atoms with Crippen LogP contribution in [0.5, 0.6) is 0 Å². The summed E-state index contributed by atoms with van der Waals surface area (Å²) in [6.07, 6.45) is -2.43. The Morgan fingerprint density at radius 1 is 1.12 bits per heavy atom. The molecule has 0 fully saturated rings. The van der Waals surface area contributed by atoms with Gasteiger partial charge < -0.3 is 5.32 Å². The van der Waals surface area contributed by atoms with Crippen molar-refractivity contribution >= 4 is 0 Å². The quantitative estimate of drug-likeness (QED) is 0.854. The van der Waals surface area contributed by atoms with Crippen molar-refractivity contribution in [3.63, 3.8) is 0 Å². The fourth-order valence-corrected chi connectivity index (χ4v) is 1.74. The summed E-state index contributed by atoms with van der Waals surface area (Å²) in [5.74, 6) is 0. The van der Waals surface area contributed by atoms with E-state index in [2.05, 4.69) is 5.32 Å². The van der Waals surface area contributed by atoms with Crippen molar-refractivity contribution in [1.82, 2.24) is 5.32 Å². The van der Waals surface area contributed by atoms with E-state index in [1.165, 1.54) is 7.05 Å². The third-order valence-corrected chi connectivity index (χ3v) is 3.14. The molecule has 1 rings (SSSR count). The Labute approximate surface area is 100 Å². The van der Waals surface area contributed by atoms with E-state index in [9.17, 15) is 13.2 Å². The Bertz CT molecular complexity index is 356. The van der Waals surface area contributed by atoms with Gasteiger partial charge in [-0.15, -0.1) is 0 Å². The van der Waals surface area contributed by atoms with Crippen molar-refractivity contribution in [2.75, 3.05) is 7.05 Å². The molecule has 0 heterocycles. The monoisotopic (exact) mass is 245 g/mol. The van der Waals surface area contributed by atoms with Crippen LogP contribution >= 0.6 is 0 Å². The predicted octanol–water partition coefficient (Wildman–Crippen LogP) is 3.64. The number of aryl methyl sites for hydroxylation is 1. The fraction of sp³-hybridized carbons (Fsp3) is 0.538. The zero-order valence-corrected chi connectivity index (χ0v) is 10.4. The molecule has 0 amide bonds. The lowest BCUT2D eigenvalue weighted by Crippen LogP contribution is -2.49. The van der Waals surface area contributed by atoms with E-state index in [1.54, 1.807) is 24.3 Å². The molecule has 0 aromatic heterocycles. The van der Waals surface area contributed by atoms with Gasteiger partial charge in [-0.05, 0) is 31.5 Å². The first-order chi connectivity index (χ1) is 7.85. The number of nitrogens with one attached hydrogen (secondary N) is 1. The van der Waals surface area contributed by atoms with Crippen molar-refractivity contribution in [1.29, 1.82) is 0 Å². The fourth-order valence-electron chi connectivity index (χ4n) is 1.74. The molecule has 0 aliphatic rings. The van der Waals surface area contributed by atoms with Gasteiger partial charge in [-0.25, -0.2) is 0 Å². The molecule has 1 nitrogen and oxygen atoms in total. The molecule has 4 heteroatoms. The molecule has 0 saturated carbocycles. The first-order valence-corrected chi connectivity index (χ1v) is 5.70. The van der Waals surface area contributed by atoms with E-state index in [0.29, 0.717) is 0 Å². The van der Waals surface area contributed by atoms with Crippen LogP contribution in [-0.2, 0) is 12.0 Å². The minimum absolute atomic E-state index is 0.243.